The Balaban J connectivity index is 1.59. The fraction of sp³-hybridized carbons (Fsp3) is 0.364. The number of carbonyl (C=O) groups excluding carboxylic acids is 2. The van der Waals surface area contributed by atoms with E-state index < -0.39 is 0 Å². The van der Waals surface area contributed by atoms with E-state index in [9.17, 15) is 9.59 Å². The Kier molecular flexibility index (Phi) is 4.27. The molecule has 0 saturated carbocycles. The lowest BCUT2D eigenvalue weighted by Gasteiger charge is -2.24. The molecule has 2 aromatic rings. The Morgan fingerprint density at radius 2 is 1.96 bits per heavy atom. The zero-order valence-electron chi connectivity index (χ0n) is 15.4. The second kappa shape index (κ2) is 6.60. The molecule has 0 spiro atoms. The summed E-state index contributed by atoms with van der Waals surface area (Å²) in [4.78, 5) is 29.5. The number of hydrogen-bond acceptors (Lipinski definition) is 2. The Morgan fingerprint density at radius 3 is 2.77 bits per heavy atom. The van der Waals surface area contributed by atoms with Gasteiger partial charge in [-0.05, 0) is 42.5 Å². The summed E-state index contributed by atoms with van der Waals surface area (Å²) in [6, 6.07) is 14.2. The van der Waals surface area contributed by atoms with E-state index in [1.807, 2.05) is 47.1 Å². The summed E-state index contributed by atoms with van der Waals surface area (Å²) >= 11 is 0. The molecule has 4 nitrogen and oxygen atoms in total. The quantitative estimate of drug-likeness (QED) is 0.852. The van der Waals surface area contributed by atoms with Crippen molar-refractivity contribution in [2.45, 2.75) is 33.1 Å². The van der Waals surface area contributed by atoms with Crippen LogP contribution in [0, 0.1) is 12.8 Å². The van der Waals surface area contributed by atoms with Gasteiger partial charge in [-0.3, -0.25) is 9.59 Å². The molecule has 4 heteroatoms. The van der Waals surface area contributed by atoms with E-state index in [0.717, 1.165) is 35.3 Å². The minimum atomic E-state index is -0.266. The molecule has 0 N–H and O–H groups in total. The van der Waals surface area contributed by atoms with E-state index in [4.69, 9.17) is 0 Å². The van der Waals surface area contributed by atoms with Gasteiger partial charge in [0.15, 0.2) is 0 Å². The summed E-state index contributed by atoms with van der Waals surface area (Å²) in [5.74, 6) is -0.129. The summed E-state index contributed by atoms with van der Waals surface area (Å²) < 4.78 is 0. The molecule has 2 aliphatic heterocycles. The van der Waals surface area contributed by atoms with Gasteiger partial charge in [0.2, 0.25) is 11.8 Å². The van der Waals surface area contributed by atoms with E-state index >= 15 is 0 Å². The van der Waals surface area contributed by atoms with Crippen LogP contribution < -0.4 is 9.80 Å². The summed E-state index contributed by atoms with van der Waals surface area (Å²) in [5, 5.41) is 0. The molecule has 134 valence electrons. The third-order valence-corrected chi connectivity index (χ3v) is 5.60. The first-order valence-electron chi connectivity index (χ1n) is 9.38. The van der Waals surface area contributed by atoms with Crippen molar-refractivity contribution in [3.8, 4) is 0 Å². The topological polar surface area (TPSA) is 40.6 Å². The molecular weight excluding hydrogens is 324 g/mol. The van der Waals surface area contributed by atoms with Crippen LogP contribution in [0.15, 0.2) is 42.5 Å². The Bertz CT molecular complexity index is 874. The standard InChI is InChI=1S/C22H24N2O2/c1-3-16-9-6-7-15(2)21(16)24-14-18(13-20(24)25)22(26)23-12-11-17-8-4-5-10-19(17)23/h4-10,18H,3,11-14H2,1-2H3. The summed E-state index contributed by atoms with van der Waals surface area (Å²) in [6.45, 7) is 5.33. The van der Waals surface area contributed by atoms with Crippen molar-refractivity contribution in [2.75, 3.05) is 22.9 Å². The molecule has 0 aliphatic carbocycles. The highest BCUT2D eigenvalue weighted by Gasteiger charge is 2.39. The molecule has 1 unspecified atom stereocenters. The number of para-hydroxylation sites is 2. The molecule has 1 saturated heterocycles. The van der Waals surface area contributed by atoms with Crippen LogP contribution in [0.4, 0.5) is 11.4 Å². The van der Waals surface area contributed by atoms with Crippen LogP contribution >= 0.6 is 0 Å². The number of carbonyl (C=O) groups is 2. The number of fused-ring (bicyclic) bond motifs is 1. The molecule has 26 heavy (non-hydrogen) atoms. The van der Waals surface area contributed by atoms with Gasteiger partial charge < -0.3 is 9.80 Å². The van der Waals surface area contributed by atoms with Gasteiger partial charge in [0, 0.05) is 30.9 Å². The van der Waals surface area contributed by atoms with Crippen LogP contribution in [0.3, 0.4) is 0 Å². The van der Waals surface area contributed by atoms with Gasteiger partial charge in [0.1, 0.15) is 0 Å². The van der Waals surface area contributed by atoms with Gasteiger partial charge in [-0.25, -0.2) is 0 Å². The third kappa shape index (κ3) is 2.70. The van der Waals surface area contributed by atoms with Crippen molar-refractivity contribution in [1.29, 1.82) is 0 Å². The number of hydrogen-bond donors (Lipinski definition) is 0. The maximum Gasteiger partial charge on any atom is 0.232 e. The van der Waals surface area contributed by atoms with E-state index in [1.54, 1.807) is 0 Å². The Labute approximate surface area is 154 Å². The SMILES string of the molecule is CCc1cccc(C)c1N1CC(C(=O)N2CCc3ccccc32)CC1=O. The van der Waals surface area contributed by atoms with Gasteiger partial charge in [0.05, 0.1) is 5.92 Å². The first-order valence-corrected chi connectivity index (χ1v) is 9.38. The second-order valence-corrected chi connectivity index (χ2v) is 7.21. The summed E-state index contributed by atoms with van der Waals surface area (Å²) in [5.41, 5.74) is 5.48. The minimum absolute atomic E-state index is 0.0554. The lowest BCUT2D eigenvalue weighted by Crippen LogP contribution is -2.36. The van der Waals surface area contributed by atoms with Gasteiger partial charge in [-0.1, -0.05) is 43.3 Å². The highest BCUT2D eigenvalue weighted by atomic mass is 16.2. The molecule has 0 bridgehead atoms. The van der Waals surface area contributed by atoms with E-state index in [-0.39, 0.29) is 17.7 Å². The molecule has 2 aliphatic rings. The summed E-state index contributed by atoms with van der Waals surface area (Å²) in [7, 11) is 0. The predicted molar refractivity (Wildman–Crippen MR) is 104 cm³/mol. The van der Waals surface area contributed by atoms with Gasteiger partial charge in [-0.2, -0.15) is 0 Å². The van der Waals surface area contributed by atoms with Crippen molar-refractivity contribution in [1.82, 2.24) is 0 Å². The average molecular weight is 348 g/mol. The minimum Gasteiger partial charge on any atom is -0.312 e. The van der Waals surface area contributed by atoms with Crippen molar-refractivity contribution >= 4 is 23.2 Å². The van der Waals surface area contributed by atoms with Crippen LogP contribution in [0.25, 0.3) is 0 Å². The number of nitrogens with zero attached hydrogens (tertiary/aromatic N) is 2. The van der Waals surface area contributed by atoms with Crippen molar-refractivity contribution in [2.24, 2.45) is 5.92 Å². The van der Waals surface area contributed by atoms with Crippen LogP contribution in [-0.4, -0.2) is 24.9 Å². The fourth-order valence-electron chi connectivity index (χ4n) is 4.27. The monoisotopic (exact) mass is 348 g/mol. The summed E-state index contributed by atoms with van der Waals surface area (Å²) in [6.07, 6.45) is 2.07. The van der Waals surface area contributed by atoms with Crippen molar-refractivity contribution < 1.29 is 9.59 Å². The first kappa shape index (κ1) is 16.8. The van der Waals surface area contributed by atoms with Gasteiger partial charge in [-0.15, -0.1) is 0 Å². The maximum atomic E-state index is 13.1. The van der Waals surface area contributed by atoms with E-state index in [2.05, 4.69) is 19.1 Å². The molecule has 2 aromatic carbocycles. The first-order chi connectivity index (χ1) is 12.6. The maximum absolute atomic E-state index is 13.1. The molecular formula is C22H24N2O2. The van der Waals surface area contributed by atoms with Gasteiger partial charge >= 0.3 is 0 Å². The zero-order chi connectivity index (χ0) is 18.3. The van der Waals surface area contributed by atoms with Crippen LogP contribution in [-0.2, 0) is 22.4 Å². The number of benzene rings is 2. The van der Waals surface area contributed by atoms with E-state index in [0.29, 0.717) is 19.5 Å². The zero-order valence-corrected chi connectivity index (χ0v) is 15.4. The molecule has 1 atom stereocenters. The van der Waals surface area contributed by atoms with Crippen LogP contribution in [0.5, 0.6) is 0 Å². The predicted octanol–water partition coefficient (Wildman–Crippen LogP) is 3.50. The van der Waals surface area contributed by atoms with Crippen molar-refractivity contribution in [3.05, 3.63) is 59.2 Å². The number of aryl methyl sites for hydroxylation is 2. The molecule has 2 heterocycles. The second-order valence-electron chi connectivity index (χ2n) is 7.21. The average Bonchev–Trinajstić information content (AvgIpc) is 3.24. The third-order valence-electron chi connectivity index (χ3n) is 5.60. The lowest BCUT2D eigenvalue weighted by molar-refractivity contribution is -0.124. The number of amides is 2. The number of anilines is 2. The van der Waals surface area contributed by atoms with E-state index in [1.165, 1.54) is 5.56 Å². The molecule has 0 aromatic heterocycles. The van der Waals surface area contributed by atoms with Crippen molar-refractivity contribution in [3.63, 3.8) is 0 Å². The molecule has 2 amide bonds. The molecule has 0 radical (unpaired) electrons. The normalized spacial score (nSPS) is 19.2. The van der Waals surface area contributed by atoms with Crippen LogP contribution in [0.2, 0.25) is 0 Å². The smallest absolute Gasteiger partial charge is 0.232 e. The van der Waals surface area contributed by atoms with Crippen LogP contribution in [0.1, 0.15) is 30.0 Å². The largest absolute Gasteiger partial charge is 0.312 e. The highest BCUT2D eigenvalue weighted by molar-refractivity contribution is 6.05. The highest BCUT2D eigenvalue weighted by Crippen LogP contribution is 2.34. The Morgan fingerprint density at radius 1 is 1.15 bits per heavy atom. The fourth-order valence-corrected chi connectivity index (χ4v) is 4.27. The van der Waals surface area contributed by atoms with Gasteiger partial charge in [0.25, 0.3) is 0 Å². The molecule has 1 fully saturated rings. The number of rotatable bonds is 3. The lowest BCUT2D eigenvalue weighted by atomic mass is 10.0. The molecule has 4 rings (SSSR count). The Hall–Kier alpha value is -2.62.